The minimum Gasteiger partial charge on any atom is -0.383 e. The van der Waals surface area contributed by atoms with Crippen molar-refractivity contribution in [3.8, 4) is 0 Å². The lowest BCUT2D eigenvalue weighted by Gasteiger charge is -2.26. The predicted molar refractivity (Wildman–Crippen MR) is 103 cm³/mol. The number of hydrogen-bond donors (Lipinski definition) is 3. The molecule has 0 unspecified atom stereocenters. The maximum atomic E-state index is 12.3. The van der Waals surface area contributed by atoms with Gasteiger partial charge in [0.1, 0.15) is 5.82 Å². The summed E-state index contributed by atoms with van der Waals surface area (Å²) in [4.78, 5) is 28.4. The van der Waals surface area contributed by atoms with Crippen LogP contribution in [0.1, 0.15) is 39.5 Å². The summed E-state index contributed by atoms with van der Waals surface area (Å²) in [5.41, 5.74) is 5.34. The zero-order chi connectivity index (χ0) is 18.4. The van der Waals surface area contributed by atoms with E-state index in [1.807, 2.05) is 13.8 Å². The number of unbranched alkanes of at least 4 members (excludes halogenated alkanes) is 1. The Hall–Kier alpha value is -1.87. The second-order valence-corrected chi connectivity index (χ2v) is 6.45. The summed E-state index contributed by atoms with van der Waals surface area (Å²) >= 11 is 5.44. The van der Waals surface area contributed by atoms with Crippen LogP contribution in [0.25, 0.3) is 0 Å². The van der Waals surface area contributed by atoms with Crippen LogP contribution in [0.4, 0.5) is 11.5 Å². The molecule has 1 aliphatic heterocycles. The monoisotopic (exact) mass is 369 g/mol. The van der Waals surface area contributed by atoms with Gasteiger partial charge in [0.2, 0.25) is 0 Å². The van der Waals surface area contributed by atoms with Crippen molar-refractivity contribution >= 4 is 28.8 Å². The van der Waals surface area contributed by atoms with E-state index < -0.39 is 11.2 Å². The van der Waals surface area contributed by atoms with Gasteiger partial charge in [-0.1, -0.05) is 13.3 Å². The molecule has 9 heteroatoms. The summed E-state index contributed by atoms with van der Waals surface area (Å²) in [7, 11) is 0. The number of thiocarbonyl (C=S) groups is 1. The minimum absolute atomic E-state index is 0.130. The standard InChI is InChI=1S/C16H27N5O3S/c1-3-5-8-21-13(17)12(14(22)19-15(21)23)20(4-2)16(25)18-10-11-7-6-9-24-11/h11H,3-10,17H2,1-2H3,(H,18,25)(H,19,22,23)/t11-/m0/s1. The number of H-pyrrole nitrogens is 1. The molecule has 0 saturated carbocycles. The zero-order valence-corrected chi connectivity index (χ0v) is 15.7. The number of nitrogens with zero attached hydrogens (tertiary/aromatic N) is 2. The van der Waals surface area contributed by atoms with Crippen molar-refractivity contribution in [1.82, 2.24) is 14.9 Å². The van der Waals surface area contributed by atoms with Crippen molar-refractivity contribution in [2.24, 2.45) is 0 Å². The fourth-order valence-corrected chi connectivity index (χ4v) is 3.19. The second-order valence-electron chi connectivity index (χ2n) is 6.06. The van der Waals surface area contributed by atoms with Crippen LogP contribution in [0.3, 0.4) is 0 Å². The van der Waals surface area contributed by atoms with Crippen molar-refractivity contribution in [3.05, 3.63) is 20.8 Å². The maximum absolute atomic E-state index is 12.3. The molecule has 1 aromatic rings. The molecule has 1 atom stereocenters. The fourth-order valence-electron chi connectivity index (χ4n) is 2.88. The lowest BCUT2D eigenvalue weighted by atomic mass is 10.2. The first kappa shape index (κ1) is 19.5. The Labute approximate surface area is 152 Å². The van der Waals surface area contributed by atoms with Gasteiger partial charge in [0.15, 0.2) is 10.8 Å². The van der Waals surface area contributed by atoms with Gasteiger partial charge in [-0.15, -0.1) is 0 Å². The Kier molecular flexibility index (Phi) is 7.01. The average Bonchev–Trinajstić information content (AvgIpc) is 3.09. The van der Waals surface area contributed by atoms with Gasteiger partial charge < -0.3 is 20.7 Å². The van der Waals surface area contributed by atoms with Gasteiger partial charge in [0.25, 0.3) is 5.56 Å². The molecule has 140 valence electrons. The molecule has 0 amide bonds. The molecule has 1 aromatic heterocycles. The van der Waals surface area contributed by atoms with E-state index in [2.05, 4.69) is 10.3 Å². The number of ether oxygens (including phenoxy) is 1. The van der Waals surface area contributed by atoms with Crippen LogP contribution >= 0.6 is 12.2 Å². The molecular weight excluding hydrogens is 342 g/mol. The van der Waals surface area contributed by atoms with E-state index in [0.29, 0.717) is 24.7 Å². The van der Waals surface area contributed by atoms with Gasteiger partial charge in [0.05, 0.1) is 6.10 Å². The number of anilines is 2. The van der Waals surface area contributed by atoms with Crippen molar-refractivity contribution in [3.63, 3.8) is 0 Å². The van der Waals surface area contributed by atoms with Gasteiger partial charge in [-0.25, -0.2) is 4.79 Å². The quantitative estimate of drug-likeness (QED) is 0.611. The van der Waals surface area contributed by atoms with E-state index in [9.17, 15) is 9.59 Å². The van der Waals surface area contributed by atoms with E-state index in [4.69, 9.17) is 22.7 Å². The van der Waals surface area contributed by atoms with E-state index in [-0.39, 0.29) is 17.6 Å². The number of hydrogen-bond acceptors (Lipinski definition) is 5. The van der Waals surface area contributed by atoms with E-state index in [1.54, 1.807) is 4.90 Å². The third-order valence-corrected chi connectivity index (χ3v) is 4.65. The molecule has 0 radical (unpaired) electrons. The van der Waals surface area contributed by atoms with Gasteiger partial charge in [-0.2, -0.15) is 0 Å². The van der Waals surface area contributed by atoms with Crippen molar-refractivity contribution in [2.75, 3.05) is 30.3 Å². The SMILES string of the molecule is CCCCn1c(N)c(N(CC)C(=S)NC[C@@H]2CCCO2)c(=O)[nH]c1=O. The summed E-state index contributed by atoms with van der Waals surface area (Å²) in [6.45, 7) is 6.17. The molecule has 2 heterocycles. The Bertz CT molecular complexity index is 709. The zero-order valence-electron chi connectivity index (χ0n) is 14.8. The molecule has 2 rings (SSSR count). The van der Waals surface area contributed by atoms with Gasteiger partial charge in [-0.3, -0.25) is 14.3 Å². The molecular formula is C16H27N5O3S. The Morgan fingerprint density at radius 3 is 2.84 bits per heavy atom. The van der Waals surface area contributed by atoms with Crippen LogP contribution in [0.15, 0.2) is 9.59 Å². The van der Waals surface area contributed by atoms with Gasteiger partial charge in [0, 0.05) is 26.2 Å². The molecule has 1 fully saturated rings. The molecule has 1 aliphatic rings. The number of nitrogens with two attached hydrogens (primary N) is 1. The molecule has 4 N–H and O–H groups in total. The van der Waals surface area contributed by atoms with Crippen LogP contribution in [-0.4, -0.2) is 40.5 Å². The number of aromatic amines is 1. The predicted octanol–water partition coefficient (Wildman–Crippen LogP) is 0.799. The number of rotatable bonds is 7. The smallest absolute Gasteiger partial charge is 0.330 e. The third kappa shape index (κ3) is 4.60. The third-order valence-electron chi connectivity index (χ3n) is 4.29. The highest BCUT2D eigenvalue weighted by Crippen LogP contribution is 2.17. The first-order valence-corrected chi connectivity index (χ1v) is 9.19. The summed E-state index contributed by atoms with van der Waals surface area (Å²) < 4.78 is 6.96. The van der Waals surface area contributed by atoms with Crippen LogP contribution in [0, 0.1) is 0 Å². The molecule has 8 nitrogen and oxygen atoms in total. The van der Waals surface area contributed by atoms with Gasteiger partial charge in [-0.05, 0) is 38.4 Å². The lowest BCUT2D eigenvalue weighted by molar-refractivity contribution is 0.114. The molecule has 1 saturated heterocycles. The van der Waals surface area contributed by atoms with Gasteiger partial charge >= 0.3 is 5.69 Å². The lowest BCUT2D eigenvalue weighted by Crippen LogP contribution is -2.46. The van der Waals surface area contributed by atoms with E-state index in [1.165, 1.54) is 4.57 Å². The Morgan fingerprint density at radius 2 is 2.24 bits per heavy atom. The highest BCUT2D eigenvalue weighted by Gasteiger charge is 2.22. The molecule has 0 aliphatic carbocycles. The average molecular weight is 369 g/mol. The van der Waals surface area contributed by atoms with Crippen LogP contribution < -0.4 is 27.2 Å². The molecule has 25 heavy (non-hydrogen) atoms. The van der Waals surface area contributed by atoms with Crippen molar-refractivity contribution in [1.29, 1.82) is 0 Å². The van der Waals surface area contributed by atoms with E-state index >= 15 is 0 Å². The highest BCUT2D eigenvalue weighted by molar-refractivity contribution is 7.80. The fraction of sp³-hybridized carbons (Fsp3) is 0.688. The largest absolute Gasteiger partial charge is 0.383 e. The second kappa shape index (κ2) is 9.00. The summed E-state index contributed by atoms with van der Waals surface area (Å²) in [6, 6.07) is 0. The number of nitrogen functional groups attached to an aromatic ring is 1. The minimum atomic E-state index is -0.529. The van der Waals surface area contributed by atoms with Crippen LogP contribution in [0.2, 0.25) is 0 Å². The summed E-state index contributed by atoms with van der Waals surface area (Å²) in [5.74, 6) is 0.144. The first-order valence-electron chi connectivity index (χ1n) is 8.79. The first-order chi connectivity index (χ1) is 12.0. The Morgan fingerprint density at radius 1 is 1.48 bits per heavy atom. The Balaban J connectivity index is 2.24. The number of aromatic nitrogens is 2. The topological polar surface area (TPSA) is 105 Å². The van der Waals surface area contributed by atoms with E-state index in [0.717, 1.165) is 32.3 Å². The molecule has 0 bridgehead atoms. The highest BCUT2D eigenvalue weighted by atomic mass is 32.1. The molecule has 0 spiro atoms. The molecule has 0 aromatic carbocycles. The normalized spacial score (nSPS) is 16.8. The summed E-state index contributed by atoms with van der Waals surface area (Å²) in [5, 5.41) is 3.54. The maximum Gasteiger partial charge on any atom is 0.330 e. The summed E-state index contributed by atoms with van der Waals surface area (Å²) in [6.07, 6.45) is 3.88. The van der Waals surface area contributed by atoms with Crippen molar-refractivity contribution < 1.29 is 4.74 Å². The van der Waals surface area contributed by atoms with Crippen molar-refractivity contribution in [2.45, 2.75) is 52.2 Å². The van der Waals surface area contributed by atoms with Crippen LogP contribution in [-0.2, 0) is 11.3 Å². The van der Waals surface area contributed by atoms with Crippen LogP contribution in [0.5, 0.6) is 0 Å². The number of nitrogens with one attached hydrogen (secondary N) is 2.